The first kappa shape index (κ1) is 23.0. The molecule has 1 aliphatic heterocycles. The molecule has 3 aliphatic carbocycles. The van der Waals surface area contributed by atoms with E-state index in [4.69, 9.17) is 4.74 Å². The second kappa shape index (κ2) is 7.68. The van der Waals surface area contributed by atoms with Crippen molar-refractivity contribution in [3.63, 3.8) is 0 Å². The molecule has 0 radical (unpaired) electrons. The quantitative estimate of drug-likeness (QED) is 0.368. The molecule has 3 unspecified atom stereocenters. The third-order valence-electron chi connectivity index (χ3n) is 9.86. The molecule has 3 atom stereocenters. The third-order valence-corrected chi connectivity index (χ3v) is 10.6. The van der Waals surface area contributed by atoms with Gasteiger partial charge < -0.3 is 14.7 Å². The smallest absolute Gasteiger partial charge is 0.123 e. The molecule has 3 nitrogen and oxygen atoms in total. The highest BCUT2D eigenvalue weighted by atomic mass is 32.2. The first-order chi connectivity index (χ1) is 17.3. The monoisotopic (exact) mass is 499 g/mol. The maximum Gasteiger partial charge on any atom is 0.123 e. The molecule has 2 saturated carbocycles. The number of anilines is 1. The van der Waals surface area contributed by atoms with Crippen LogP contribution in [0.3, 0.4) is 0 Å². The highest BCUT2D eigenvalue weighted by Crippen LogP contribution is 2.73. The van der Waals surface area contributed by atoms with Gasteiger partial charge in [0.25, 0.3) is 0 Å². The van der Waals surface area contributed by atoms with Gasteiger partial charge in [0.1, 0.15) is 5.75 Å². The van der Waals surface area contributed by atoms with Crippen molar-refractivity contribution in [3.05, 3.63) is 53.6 Å². The zero-order chi connectivity index (χ0) is 24.9. The maximum atomic E-state index is 11.5. The van der Waals surface area contributed by atoms with E-state index < -0.39 is 0 Å². The van der Waals surface area contributed by atoms with Gasteiger partial charge in [0, 0.05) is 28.8 Å². The lowest BCUT2D eigenvalue weighted by Gasteiger charge is -2.49. The van der Waals surface area contributed by atoms with Gasteiger partial charge in [0.15, 0.2) is 0 Å². The molecular formula is C32H37NO2S. The molecule has 3 aromatic carbocycles. The van der Waals surface area contributed by atoms with Crippen LogP contribution in [0.15, 0.2) is 47.4 Å². The standard InChI is InChI=1S/C32H37NO2S/c1-20-16-31(20)17-30(2,3)18-32(19-31)24-8-6-5-7-21(24)29-23-13-26(33-9-11-35-12-10-33)28(36-4)14-22(23)27(34)15-25(29)32/h5-8,13-15,20,34H,9-12,16-19H2,1-4H3. The van der Waals surface area contributed by atoms with Crippen LogP contribution in [0.2, 0.25) is 0 Å². The van der Waals surface area contributed by atoms with E-state index in [0.29, 0.717) is 11.2 Å². The van der Waals surface area contributed by atoms with Gasteiger partial charge in [-0.15, -0.1) is 11.8 Å². The van der Waals surface area contributed by atoms with E-state index in [1.165, 1.54) is 57.5 Å². The second-order valence-corrected chi connectivity index (χ2v) is 13.6. The van der Waals surface area contributed by atoms with Crippen LogP contribution in [0, 0.1) is 16.7 Å². The first-order valence-corrected chi connectivity index (χ1v) is 14.8. The van der Waals surface area contributed by atoms with Gasteiger partial charge in [0.05, 0.1) is 18.9 Å². The molecule has 4 aliphatic rings. The topological polar surface area (TPSA) is 32.7 Å². The summed E-state index contributed by atoms with van der Waals surface area (Å²) in [5.74, 6) is 1.22. The normalized spacial score (nSPS) is 30.1. The first-order valence-electron chi connectivity index (χ1n) is 13.6. The van der Waals surface area contributed by atoms with Gasteiger partial charge in [-0.2, -0.15) is 0 Å². The van der Waals surface area contributed by atoms with E-state index in [2.05, 4.69) is 74.4 Å². The summed E-state index contributed by atoms with van der Waals surface area (Å²) in [6.45, 7) is 10.8. The van der Waals surface area contributed by atoms with Crippen LogP contribution in [0.5, 0.6) is 5.75 Å². The van der Waals surface area contributed by atoms with Crippen molar-refractivity contribution in [1.82, 2.24) is 0 Å². The Balaban J connectivity index is 1.52. The molecule has 3 fully saturated rings. The molecule has 3 aromatic rings. The lowest BCUT2D eigenvalue weighted by molar-refractivity contribution is 0.0971. The number of hydrogen-bond acceptors (Lipinski definition) is 4. The van der Waals surface area contributed by atoms with Crippen LogP contribution in [0.1, 0.15) is 57.6 Å². The van der Waals surface area contributed by atoms with E-state index in [1.54, 1.807) is 11.8 Å². The number of rotatable bonds is 2. The minimum atomic E-state index is -0.0264. The van der Waals surface area contributed by atoms with Crippen LogP contribution >= 0.6 is 11.8 Å². The molecule has 0 aromatic heterocycles. The summed E-state index contributed by atoms with van der Waals surface area (Å²) in [4.78, 5) is 3.69. The highest BCUT2D eigenvalue weighted by Gasteiger charge is 2.63. The number of hydrogen-bond donors (Lipinski definition) is 1. The summed E-state index contributed by atoms with van der Waals surface area (Å²) in [7, 11) is 0. The maximum absolute atomic E-state index is 11.5. The average molecular weight is 500 g/mol. The van der Waals surface area contributed by atoms with Crippen molar-refractivity contribution in [2.75, 3.05) is 37.5 Å². The highest BCUT2D eigenvalue weighted by molar-refractivity contribution is 7.98. The lowest BCUT2D eigenvalue weighted by Crippen LogP contribution is -2.41. The van der Waals surface area contributed by atoms with Crippen molar-refractivity contribution in [2.24, 2.45) is 16.7 Å². The number of morpholine rings is 1. The molecule has 0 amide bonds. The summed E-state index contributed by atoms with van der Waals surface area (Å²) in [5, 5.41) is 13.7. The minimum absolute atomic E-state index is 0.0264. The number of nitrogens with zero attached hydrogens (tertiary/aromatic N) is 1. The fourth-order valence-electron chi connectivity index (χ4n) is 8.55. The number of phenols is 1. The largest absolute Gasteiger partial charge is 0.507 e. The summed E-state index contributed by atoms with van der Waals surface area (Å²) >= 11 is 1.77. The Morgan fingerprint density at radius 2 is 1.72 bits per heavy atom. The molecule has 1 heterocycles. The predicted octanol–water partition coefficient (Wildman–Crippen LogP) is 7.61. The number of aromatic hydroxyl groups is 1. The Hall–Kier alpha value is -2.17. The third kappa shape index (κ3) is 3.16. The zero-order valence-electron chi connectivity index (χ0n) is 22.0. The molecule has 188 valence electrons. The molecule has 1 N–H and O–H groups in total. The molecule has 2 spiro atoms. The Morgan fingerprint density at radius 3 is 2.44 bits per heavy atom. The summed E-state index contributed by atoms with van der Waals surface area (Å²) in [6.07, 6.45) is 7.15. The van der Waals surface area contributed by atoms with E-state index in [0.717, 1.165) is 44.0 Å². The van der Waals surface area contributed by atoms with Crippen molar-refractivity contribution in [3.8, 4) is 16.9 Å². The van der Waals surface area contributed by atoms with Gasteiger partial charge in [-0.3, -0.25) is 0 Å². The van der Waals surface area contributed by atoms with E-state index in [-0.39, 0.29) is 10.8 Å². The summed E-state index contributed by atoms with van der Waals surface area (Å²) in [5.41, 5.74) is 7.55. The van der Waals surface area contributed by atoms with Crippen LogP contribution < -0.4 is 4.90 Å². The number of thioether (sulfide) groups is 1. The number of phenolic OH excluding ortho intramolecular Hbond substituents is 1. The molecule has 7 rings (SSSR count). The fourth-order valence-corrected chi connectivity index (χ4v) is 9.18. The predicted molar refractivity (Wildman–Crippen MR) is 150 cm³/mol. The fraction of sp³-hybridized carbons (Fsp3) is 0.500. The Bertz CT molecular complexity index is 1390. The van der Waals surface area contributed by atoms with Crippen LogP contribution in [-0.2, 0) is 10.2 Å². The average Bonchev–Trinajstić information content (AvgIpc) is 3.39. The molecule has 36 heavy (non-hydrogen) atoms. The summed E-state index contributed by atoms with van der Waals surface area (Å²) < 4.78 is 5.66. The van der Waals surface area contributed by atoms with Crippen LogP contribution in [0.25, 0.3) is 21.9 Å². The molecule has 4 heteroatoms. The summed E-state index contributed by atoms with van der Waals surface area (Å²) in [6, 6.07) is 15.9. The van der Waals surface area contributed by atoms with Crippen molar-refractivity contribution in [1.29, 1.82) is 0 Å². The van der Waals surface area contributed by atoms with E-state index in [1.807, 2.05) is 0 Å². The minimum Gasteiger partial charge on any atom is -0.507 e. The number of fused-ring (bicyclic) bond motifs is 7. The number of benzene rings is 3. The number of ether oxygens (including phenoxy) is 1. The van der Waals surface area contributed by atoms with E-state index in [9.17, 15) is 5.11 Å². The molecular weight excluding hydrogens is 462 g/mol. The Labute approximate surface area is 219 Å². The van der Waals surface area contributed by atoms with Crippen LogP contribution in [0.4, 0.5) is 5.69 Å². The molecule has 0 bridgehead atoms. The lowest BCUT2D eigenvalue weighted by atomic mass is 9.55. The SMILES string of the molecule is CSc1cc2c(O)cc3c(c2cc1N1CCOCC1)-c1ccccc1C31CC(C)(C)CC2(CC2C)C1. The Morgan fingerprint density at radius 1 is 0.972 bits per heavy atom. The zero-order valence-corrected chi connectivity index (χ0v) is 22.8. The van der Waals surface area contributed by atoms with Gasteiger partial charge in [0.2, 0.25) is 0 Å². The van der Waals surface area contributed by atoms with E-state index >= 15 is 0 Å². The van der Waals surface area contributed by atoms with Gasteiger partial charge in [-0.1, -0.05) is 45.0 Å². The second-order valence-electron chi connectivity index (χ2n) is 12.8. The molecule has 1 saturated heterocycles. The van der Waals surface area contributed by atoms with Crippen molar-refractivity contribution in [2.45, 2.75) is 56.8 Å². The van der Waals surface area contributed by atoms with Crippen molar-refractivity contribution < 1.29 is 9.84 Å². The van der Waals surface area contributed by atoms with Gasteiger partial charge in [-0.25, -0.2) is 0 Å². The van der Waals surface area contributed by atoms with Crippen molar-refractivity contribution >= 4 is 28.2 Å². The van der Waals surface area contributed by atoms with Crippen LogP contribution in [-0.4, -0.2) is 37.7 Å². The van der Waals surface area contributed by atoms with Gasteiger partial charge >= 0.3 is 0 Å². The van der Waals surface area contributed by atoms with Gasteiger partial charge in [-0.05, 0) is 94.5 Å². The Kier molecular flexibility index (Phi) is 4.90.